The molecule has 2 nitrogen and oxygen atoms in total. The minimum atomic E-state index is -0.765. The number of benzene rings is 1. The van der Waals surface area contributed by atoms with E-state index in [4.69, 9.17) is 0 Å². The highest BCUT2D eigenvalue weighted by molar-refractivity contribution is 5.19. The number of piperazine rings is 1. The first-order valence-corrected chi connectivity index (χ1v) is 7.76. The molecule has 0 aliphatic carbocycles. The van der Waals surface area contributed by atoms with Gasteiger partial charge in [-0.3, -0.25) is 4.90 Å². The number of nitrogens with zero attached hydrogens (tertiary/aromatic N) is 1. The third-order valence-corrected chi connectivity index (χ3v) is 4.79. The Kier molecular flexibility index (Phi) is 4.99. The molecule has 21 heavy (non-hydrogen) atoms. The van der Waals surface area contributed by atoms with Crippen LogP contribution in [0, 0.1) is 17.6 Å². The molecule has 1 fully saturated rings. The molecule has 2 rings (SSSR count). The van der Waals surface area contributed by atoms with Crippen molar-refractivity contribution in [1.29, 1.82) is 0 Å². The van der Waals surface area contributed by atoms with Gasteiger partial charge in [0.1, 0.15) is 0 Å². The van der Waals surface area contributed by atoms with E-state index < -0.39 is 11.6 Å². The molecule has 0 saturated carbocycles. The van der Waals surface area contributed by atoms with Crippen LogP contribution in [-0.2, 0) is 6.54 Å². The van der Waals surface area contributed by atoms with Gasteiger partial charge in [0, 0.05) is 36.8 Å². The van der Waals surface area contributed by atoms with Gasteiger partial charge in [-0.1, -0.05) is 32.4 Å². The predicted molar refractivity (Wildman–Crippen MR) is 82.1 cm³/mol. The van der Waals surface area contributed by atoms with Crippen LogP contribution in [0.1, 0.15) is 39.7 Å². The van der Waals surface area contributed by atoms with Crippen molar-refractivity contribution in [2.24, 2.45) is 5.92 Å². The summed E-state index contributed by atoms with van der Waals surface area (Å²) in [6.45, 7) is 10.9. The number of hydrogen-bond acceptors (Lipinski definition) is 2. The first-order valence-electron chi connectivity index (χ1n) is 7.76. The van der Waals surface area contributed by atoms with Crippen molar-refractivity contribution in [3.05, 3.63) is 35.4 Å². The second-order valence-corrected chi connectivity index (χ2v) is 6.78. The summed E-state index contributed by atoms with van der Waals surface area (Å²) in [5.41, 5.74) is 0.371. The molecule has 1 aliphatic heterocycles. The van der Waals surface area contributed by atoms with Gasteiger partial charge in [0.25, 0.3) is 0 Å². The van der Waals surface area contributed by atoms with Crippen molar-refractivity contribution >= 4 is 0 Å². The van der Waals surface area contributed by atoms with Crippen LogP contribution in [0.2, 0.25) is 0 Å². The fourth-order valence-corrected chi connectivity index (χ4v) is 2.86. The van der Waals surface area contributed by atoms with E-state index in [1.165, 1.54) is 6.07 Å². The van der Waals surface area contributed by atoms with E-state index in [1.807, 2.05) is 0 Å². The number of nitrogens with one attached hydrogen (secondary N) is 1. The monoisotopic (exact) mass is 296 g/mol. The molecule has 4 heteroatoms. The quantitative estimate of drug-likeness (QED) is 0.914. The predicted octanol–water partition coefficient (Wildman–Crippen LogP) is 3.56. The highest BCUT2D eigenvalue weighted by Crippen LogP contribution is 2.25. The Morgan fingerprint density at radius 1 is 1.38 bits per heavy atom. The summed E-state index contributed by atoms with van der Waals surface area (Å²) >= 11 is 0. The van der Waals surface area contributed by atoms with Gasteiger partial charge < -0.3 is 5.32 Å². The third-order valence-electron chi connectivity index (χ3n) is 4.79. The molecule has 1 aromatic carbocycles. The van der Waals surface area contributed by atoms with Gasteiger partial charge >= 0.3 is 0 Å². The van der Waals surface area contributed by atoms with Gasteiger partial charge in [0.2, 0.25) is 0 Å². The van der Waals surface area contributed by atoms with E-state index in [2.05, 4.69) is 37.9 Å². The SMILES string of the molecule is CCC(C)C1CN(Cc2cccc(F)c2F)C(C)(C)CN1. The van der Waals surface area contributed by atoms with Crippen LogP contribution >= 0.6 is 0 Å². The first kappa shape index (κ1) is 16.4. The number of hydrogen-bond donors (Lipinski definition) is 1. The highest BCUT2D eigenvalue weighted by Gasteiger charge is 2.35. The lowest BCUT2D eigenvalue weighted by atomic mass is 9.90. The zero-order valence-corrected chi connectivity index (χ0v) is 13.4. The van der Waals surface area contributed by atoms with Crippen LogP contribution in [-0.4, -0.2) is 29.6 Å². The zero-order valence-electron chi connectivity index (χ0n) is 13.4. The number of halogens is 2. The van der Waals surface area contributed by atoms with Gasteiger partial charge in [-0.05, 0) is 25.8 Å². The molecule has 0 bridgehead atoms. The van der Waals surface area contributed by atoms with Gasteiger partial charge in [0.05, 0.1) is 0 Å². The van der Waals surface area contributed by atoms with Crippen LogP contribution in [0.4, 0.5) is 8.78 Å². The van der Waals surface area contributed by atoms with Crippen molar-refractivity contribution in [3.8, 4) is 0 Å². The summed E-state index contributed by atoms with van der Waals surface area (Å²) in [5, 5.41) is 3.59. The molecule has 0 radical (unpaired) electrons. The molecule has 0 aromatic heterocycles. The maximum absolute atomic E-state index is 13.9. The van der Waals surface area contributed by atoms with Crippen LogP contribution < -0.4 is 5.32 Å². The molecule has 118 valence electrons. The Hall–Kier alpha value is -1.00. The minimum Gasteiger partial charge on any atom is -0.311 e. The molecule has 2 atom stereocenters. The van der Waals surface area contributed by atoms with Crippen molar-refractivity contribution in [2.45, 2.75) is 52.2 Å². The van der Waals surface area contributed by atoms with E-state index in [9.17, 15) is 8.78 Å². The average Bonchev–Trinajstić information content (AvgIpc) is 2.45. The third kappa shape index (κ3) is 3.61. The highest BCUT2D eigenvalue weighted by atomic mass is 19.2. The smallest absolute Gasteiger partial charge is 0.163 e. The molecule has 1 aromatic rings. The van der Waals surface area contributed by atoms with Gasteiger partial charge in [0.15, 0.2) is 11.6 Å². The summed E-state index contributed by atoms with van der Waals surface area (Å²) in [5.74, 6) is -0.910. The topological polar surface area (TPSA) is 15.3 Å². The summed E-state index contributed by atoms with van der Waals surface area (Å²) in [6.07, 6.45) is 1.11. The van der Waals surface area contributed by atoms with Crippen molar-refractivity contribution in [2.75, 3.05) is 13.1 Å². The second kappa shape index (κ2) is 6.41. The summed E-state index contributed by atoms with van der Waals surface area (Å²) in [4.78, 5) is 2.26. The largest absolute Gasteiger partial charge is 0.311 e. The van der Waals surface area contributed by atoms with Gasteiger partial charge in [-0.25, -0.2) is 8.78 Å². The van der Waals surface area contributed by atoms with Crippen molar-refractivity contribution < 1.29 is 8.78 Å². The van der Waals surface area contributed by atoms with Crippen molar-refractivity contribution in [3.63, 3.8) is 0 Å². The molecule has 1 heterocycles. The Morgan fingerprint density at radius 3 is 2.76 bits per heavy atom. The maximum Gasteiger partial charge on any atom is 0.163 e. The molecule has 1 N–H and O–H groups in total. The van der Waals surface area contributed by atoms with Crippen LogP contribution in [0.3, 0.4) is 0 Å². The lowest BCUT2D eigenvalue weighted by Gasteiger charge is -2.47. The Balaban J connectivity index is 2.16. The Morgan fingerprint density at radius 2 is 2.10 bits per heavy atom. The molecule has 0 amide bonds. The molecule has 1 saturated heterocycles. The molecular formula is C17H26F2N2. The van der Waals surface area contributed by atoms with Gasteiger partial charge in [-0.2, -0.15) is 0 Å². The van der Waals surface area contributed by atoms with Crippen LogP contribution in [0.15, 0.2) is 18.2 Å². The first-order chi connectivity index (χ1) is 9.85. The van der Waals surface area contributed by atoms with E-state index in [1.54, 1.807) is 12.1 Å². The number of rotatable bonds is 4. The van der Waals surface area contributed by atoms with E-state index in [0.717, 1.165) is 19.5 Å². The second-order valence-electron chi connectivity index (χ2n) is 6.78. The lowest BCUT2D eigenvalue weighted by Crippen LogP contribution is -2.62. The average molecular weight is 296 g/mol. The standard InChI is InChI=1S/C17H26F2N2/c1-5-12(2)15-10-21(17(3,4)11-20-15)9-13-7-6-8-14(18)16(13)19/h6-8,12,15,20H,5,9-11H2,1-4H3. The van der Waals surface area contributed by atoms with Crippen LogP contribution in [0.25, 0.3) is 0 Å². The van der Waals surface area contributed by atoms with Crippen LogP contribution in [0.5, 0.6) is 0 Å². The van der Waals surface area contributed by atoms with E-state index in [-0.39, 0.29) is 5.54 Å². The van der Waals surface area contributed by atoms with Crippen molar-refractivity contribution in [1.82, 2.24) is 10.2 Å². The molecule has 2 unspecified atom stereocenters. The Labute approximate surface area is 126 Å². The zero-order chi connectivity index (χ0) is 15.6. The summed E-state index contributed by atoms with van der Waals surface area (Å²) in [6, 6.07) is 4.83. The molecule has 1 aliphatic rings. The summed E-state index contributed by atoms with van der Waals surface area (Å²) < 4.78 is 27.3. The normalized spacial score (nSPS) is 24.0. The fraction of sp³-hybridized carbons (Fsp3) is 0.647. The molecule has 0 spiro atoms. The fourth-order valence-electron chi connectivity index (χ4n) is 2.86. The van der Waals surface area contributed by atoms with E-state index in [0.29, 0.717) is 24.1 Å². The Bertz CT molecular complexity index is 488. The lowest BCUT2D eigenvalue weighted by molar-refractivity contribution is 0.0438. The van der Waals surface area contributed by atoms with E-state index >= 15 is 0 Å². The maximum atomic E-state index is 13.9. The molecular weight excluding hydrogens is 270 g/mol. The van der Waals surface area contributed by atoms with Gasteiger partial charge in [-0.15, -0.1) is 0 Å². The summed E-state index contributed by atoms with van der Waals surface area (Å²) in [7, 11) is 0. The minimum absolute atomic E-state index is 0.0667.